The summed E-state index contributed by atoms with van der Waals surface area (Å²) >= 11 is 5.97. The number of nitrogens with one attached hydrogen (secondary N) is 1. The van der Waals surface area contributed by atoms with E-state index in [9.17, 15) is 4.79 Å². The molecule has 0 atom stereocenters. The summed E-state index contributed by atoms with van der Waals surface area (Å²) in [6.45, 7) is 0.756. The number of benzene rings is 1. The molecule has 4 N–H and O–H groups in total. The van der Waals surface area contributed by atoms with Crippen molar-refractivity contribution in [2.75, 3.05) is 18.9 Å². The molecule has 0 unspecified atom stereocenters. The van der Waals surface area contributed by atoms with E-state index in [-0.39, 0.29) is 17.9 Å². The van der Waals surface area contributed by atoms with E-state index in [0.717, 1.165) is 19.3 Å². The molecule has 1 aliphatic carbocycles. The Morgan fingerprint density at radius 1 is 1.50 bits per heavy atom. The van der Waals surface area contributed by atoms with E-state index in [1.807, 2.05) is 0 Å². The van der Waals surface area contributed by atoms with Crippen molar-refractivity contribution >= 4 is 23.2 Å². The molecule has 0 heterocycles. The van der Waals surface area contributed by atoms with Gasteiger partial charge in [0.2, 0.25) is 0 Å². The molecule has 0 aliphatic heterocycles. The summed E-state index contributed by atoms with van der Waals surface area (Å²) in [7, 11) is 0. The average Bonchev–Trinajstić information content (AvgIpc) is 3.07. The monoisotopic (exact) mass is 268 g/mol. The van der Waals surface area contributed by atoms with Crippen molar-refractivity contribution in [2.45, 2.75) is 19.3 Å². The zero-order valence-electron chi connectivity index (χ0n) is 10.1. The molecule has 1 aromatic rings. The lowest BCUT2D eigenvalue weighted by Gasteiger charge is -2.15. The highest BCUT2D eigenvalue weighted by molar-refractivity contribution is 6.34. The third kappa shape index (κ3) is 2.94. The Balaban J connectivity index is 1.96. The number of aliphatic hydroxyl groups excluding tert-OH is 1. The first-order valence-electron chi connectivity index (χ1n) is 6.00. The summed E-state index contributed by atoms with van der Waals surface area (Å²) in [6.07, 6.45) is 2.86. The first-order valence-corrected chi connectivity index (χ1v) is 6.38. The van der Waals surface area contributed by atoms with Gasteiger partial charge in [0.05, 0.1) is 10.6 Å². The quantitative estimate of drug-likeness (QED) is 0.713. The molecule has 0 radical (unpaired) electrons. The summed E-state index contributed by atoms with van der Waals surface area (Å²) in [5.74, 6) is -0.191. The van der Waals surface area contributed by atoms with Crippen LogP contribution in [0.3, 0.4) is 0 Å². The molecular formula is C13H17ClN2O2. The van der Waals surface area contributed by atoms with Crippen molar-refractivity contribution in [1.82, 2.24) is 5.32 Å². The number of anilines is 1. The van der Waals surface area contributed by atoms with Crippen molar-refractivity contribution in [3.8, 4) is 0 Å². The van der Waals surface area contributed by atoms with Crippen molar-refractivity contribution in [3.63, 3.8) is 0 Å². The molecule has 2 rings (SSSR count). The lowest BCUT2D eigenvalue weighted by Crippen LogP contribution is -2.30. The molecule has 1 saturated carbocycles. The molecule has 0 bridgehead atoms. The average molecular weight is 269 g/mol. The van der Waals surface area contributed by atoms with Crippen LogP contribution < -0.4 is 11.1 Å². The van der Waals surface area contributed by atoms with Gasteiger partial charge in [-0.25, -0.2) is 0 Å². The molecule has 1 aliphatic rings. The van der Waals surface area contributed by atoms with Crippen LogP contribution >= 0.6 is 11.6 Å². The zero-order chi connectivity index (χ0) is 13.2. The Morgan fingerprint density at radius 2 is 2.22 bits per heavy atom. The number of carbonyl (C=O) groups is 1. The van der Waals surface area contributed by atoms with E-state index in [4.69, 9.17) is 22.4 Å². The SMILES string of the molecule is Nc1ccc(C(=O)NCC2(CCO)CC2)c(Cl)c1. The predicted molar refractivity (Wildman–Crippen MR) is 71.6 cm³/mol. The lowest BCUT2D eigenvalue weighted by molar-refractivity contribution is 0.0941. The number of carbonyl (C=O) groups excluding carboxylic acids is 1. The second kappa shape index (κ2) is 5.16. The van der Waals surface area contributed by atoms with Crippen molar-refractivity contribution in [1.29, 1.82) is 0 Å². The standard InChI is InChI=1S/C13H17ClN2O2/c14-11-7-9(15)1-2-10(11)12(18)16-8-13(3-4-13)5-6-17/h1-2,7,17H,3-6,8,15H2,(H,16,18). The predicted octanol–water partition coefficient (Wildman–Crippen LogP) is 1.81. The van der Waals surface area contributed by atoms with Gasteiger partial charge in [0.25, 0.3) is 5.91 Å². The molecule has 4 nitrogen and oxygen atoms in total. The summed E-state index contributed by atoms with van der Waals surface area (Å²) < 4.78 is 0. The van der Waals surface area contributed by atoms with Crippen LogP contribution in [0.1, 0.15) is 29.6 Å². The minimum absolute atomic E-state index is 0.102. The van der Waals surface area contributed by atoms with Gasteiger partial charge in [-0.1, -0.05) is 11.6 Å². The van der Waals surface area contributed by atoms with Crippen molar-refractivity contribution < 1.29 is 9.90 Å². The van der Waals surface area contributed by atoms with Crippen LogP contribution in [0.4, 0.5) is 5.69 Å². The number of nitrogens with two attached hydrogens (primary N) is 1. The van der Waals surface area contributed by atoms with Gasteiger partial charge in [-0.3, -0.25) is 4.79 Å². The molecule has 0 aromatic heterocycles. The molecule has 0 saturated heterocycles. The number of rotatable bonds is 5. The van der Waals surface area contributed by atoms with Crippen LogP contribution in [-0.2, 0) is 0 Å². The number of aliphatic hydroxyl groups is 1. The van der Waals surface area contributed by atoms with Gasteiger partial charge in [-0.15, -0.1) is 0 Å². The maximum atomic E-state index is 12.0. The highest BCUT2D eigenvalue weighted by Gasteiger charge is 2.41. The fraction of sp³-hybridized carbons (Fsp3) is 0.462. The maximum absolute atomic E-state index is 12.0. The van der Waals surface area contributed by atoms with Crippen LogP contribution in [0.15, 0.2) is 18.2 Å². The number of hydrogen-bond acceptors (Lipinski definition) is 3. The third-order valence-corrected chi connectivity index (χ3v) is 3.77. The van der Waals surface area contributed by atoms with Crippen molar-refractivity contribution in [3.05, 3.63) is 28.8 Å². The summed E-state index contributed by atoms with van der Waals surface area (Å²) in [5.41, 5.74) is 6.65. The minimum atomic E-state index is -0.191. The highest BCUT2D eigenvalue weighted by Crippen LogP contribution is 2.47. The van der Waals surface area contributed by atoms with Gasteiger partial charge < -0.3 is 16.2 Å². The van der Waals surface area contributed by atoms with E-state index < -0.39 is 0 Å². The van der Waals surface area contributed by atoms with Crippen LogP contribution in [0.2, 0.25) is 5.02 Å². The fourth-order valence-corrected chi connectivity index (χ4v) is 2.28. The molecule has 1 amide bonds. The molecule has 18 heavy (non-hydrogen) atoms. The van der Waals surface area contributed by atoms with Gasteiger partial charge in [-0.05, 0) is 42.9 Å². The Hall–Kier alpha value is -1.26. The van der Waals surface area contributed by atoms with Gasteiger partial charge >= 0.3 is 0 Å². The van der Waals surface area contributed by atoms with Gasteiger partial charge in [0, 0.05) is 18.8 Å². The Labute approximate surface area is 111 Å². The topological polar surface area (TPSA) is 75.4 Å². The second-order valence-electron chi connectivity index (χ2n) is 4.90. The molecule has 0 spiro atoms. The van der Waals surface area contributed by atoms with Gasteiger partial charge in [0.1, 0.15) is 0 Å². The zero-order valence-corrected chi connectivity index (χ0v) is 10.8. The van der Waals surface area contributed by atoms with Crippen LogP contribution in [0.25, 0.3) is 0 Å². The minimum Gasteiger partial charge on any atom is -0.399 e. The van der Waals surface area contributed by atoms with E-state index in [1.165, 1.54) is 0 Å². The smallest absolute Gasteiger partial charge is 0.252 e. The van der Waals surface area contributed by atoms with E-state index in [1.54, 1.807) is 18.2 Å². The lowest BCUT2D eigenvalue weighted by atomic mass is 10.0. The number of amides is 1. The molecular weight excluding hydrogens is 252 g/mol. The number of halogens is 1. The van der Waals surface area contributed by atoms with Gasteiger partial charge in [-0.2, -0.15) is 0 Å². The van der Waals surface area contributed by atoms with Crippen LogP contribution in [0.5, 0.6) is 0 Å². The van der Waals surface area contributed by atoms with Crippen LogP contribution in [0, 0.1) is 5.41 Å². The molecule has 98 valence electrons. The highest BCUT2D eigenvalue weighted by atomic mass is 35.5. The molecule has 5 heteroatoms. The van der Waals surface area contributed by atoms with Gasteiger partial charge in [0.15, 0.2) is 0 Å². The molecule has 1 fully saturated rings. The Morgan fingerprint density at radius 3 is 2.78 bits per heavy atom. The second-order valence-corrected chi connectivity index (χ2v) is 5.30. The normalized spacial score (nSPS) is 16.3. The van der Waals surface area contributed by atoms with Crippen LogP contribution in [-0.4, -0.2) is 24.2 Å². The van der Waals surface area contributed by atoms with Crippen molar-refractivity contribution in [2.24, 2.45) is 5.41 Å². The Bertz CT molecular complexity index is 458. The maximum Gasteiger partial charge on any atom is 0.252 e. The number of hydrogen-bond donors (Lipinski definition) is 3. The largest absolute Gasteiger partial charge is 0.399 e. The summed E-state index contributed by atoms with van der Waals surface area (Å²) in [5, 5.41) is 12.2. The molecule has 1 aromatic carbocycles. The van der Waals surface area contributed by atoms with E-state index in [0.29, 0.717) is 22.8 Å². The third-order valence-electron chi connectivity index (χ3n) is 3.46. The first kappa shape index (κ1) is 13.2. The summed E-state index contributed by atoms with van der Waals surface area (Å²) in [6, 6.07) is 4.84. The Kier molecular flexibility index (Phi) is 3.78. The van der Waals surface area contributed by atoms with E-state index >= 15 is 0 Å². The first-order chi connectivity index (χ1) is 8.56. The number of nitrogen functional groups attached to an aromatic ring is 1. The fourth-order valence-electron chi connectivity index (χ4n) is 2.01. The summed E-state index contributed by atoms with van der Waals surface area (Å²) in [4.78, 5) is 12.0. The van der Waals surface area contributed by atoms with E-state index in [2.05, 4.69) is 5.32 Å².